The first-order chi connectivity index (χ1) is 10.4. The van der Waals surface area contributed by atoms with Gasteiger partial charge in [0, 0.05) is 22.7 Å². The van der Waals surface area contributed by atoms with Crippen LogP contribution in [0.5, 0.6) is 0 Å². The van der Waals surface area contributed by atoms with Crippen molar-refractivity contribution in [3.05, 3.63) is 40.9 Å². The Labute approximate surface area is 126 Å². The maximum atomic E-state index is 13.3. The molecule has 1 N–H and O–H groups in total. The van der Waals surface area contributed by atoms with E-state index in [2.05, 4.69) is 14.9 Å². The quantitative estimate of drug-likeness (QED) is 0.921. The minimum absolute atomic E-state index is 0.0476. The molecule has 0 spiro atoms. The van der Waals surface area contributed by atoms with E-state index >= 15 is 0 Å². The van der Waals surface area contributed by atoms with Gasteiger partial charge >= 0.3 is 12.3 Å². The Kier molecular flexibility index (Phi) is 3.57. The summed E-state index contributed by atoms with van der Waals surface area (Å²) in [6, 6.07) is 3.86. The molecule has 2 heterocycles. The summed E-state index contributed by atoms with van der Waals surface area (Å²) in [7, 11) is 0. The Bertz CT molecular complexity index is 741. The van der Waals surface area contributed by atoms with Gasteiger partial charge in [0.15, 0.2) is 0 Å². The van der Waals surface area contributed by atoms with Gasteiger partial charge in [0.25, 0.3) is 0 Å². The summed E-state index contributed by atoms with van der Waals surface area (Å²) in [6.45, 7) is -0.178. The summed E-state index contributed by atoms with van der Waals surface area (Å²) in [5, 5.41) is 5.26. The second-order valence-electron chi connectivity index (χ2n) is 4.42. The predicted octanol–water partition coefficient (Wildman–Crippen LogP) is 3.27. The van der Waals surface area contributed by atoms with Crippen molar-refractivity contribution in [2.24, 2.45) is 5.10 Å². The van der Waals surface area contributed by atoms with E-state index in [1.165, 1.54) is 18.3 Å². The molecule has 0 bridgehead atoms. The maximum Gasteiger partial charge on any atom is 0.428 e. The van der Waals surface area contributed by atoms with Gasteiger partial charge in [-0.3, -0.25) is 0 Å². The number of hydrogen-bond acceptors (Lipinski definition) is 5. The van der Waals surface area contributed by atoms with Gasteiger partial charge in [0.1, 0.15) is 12.3 Å². The average Bonchev–Trinajstić information content (AvgIpc) is 3.01. The van der Waals surface area contributed by atoms with Crippen molar-refractivity contribution in [2.45, 2.75) is 6.18 Å². The van der Waals surface area contributed by atoms with Crippen LogP contribution in [0.2, 0.25) is 0 Å². The molecule has 22 heavy (non-hydrogen) atoms. The molecule has 1 amide bonds. The van der Waals surface area contributed by atoms with Gasteiger partial charge in [-0.1, -0.05) is 12.1 Å². The van der Waals surface area contributed by atoms with E-state index in [0.29, 0.717) is 5.56 Å². The SMILES string of the molecule is O=C1NN=C(c2ccc(-c3cnsc3)c(C(F)(F)F)c2)CO1. The van der Waals surface area contributed by atoms with Crippen molar-refractivity contribution in [3.8, 4) is 11.1 Å². The molecule has 2 aromatic rings. The molecule has 3 rings (SSSR count). The smallest absolute Gasteiger partial charge is 0.428 e. The minimum Gasteiger partial charge on any atom is -0.442 e. The normalized spacial score (nSPS) is 15.0. The molecule has 1 aliphatic heterocycles. The zero-order valence-electron chi connectivity index (χ0n) is 10.8. The van der Waals surface area contributed by atoms with Crippen molar-refractivity contribution in [2.75, 3.05) is 6.61 Å². The Morgan fingerprint density at radius 1 is 1.27 bits per heavy atom. The van der Waals surface area contributed by atoms with E-state index in [1.54, 1.807) is 5.38 Å². The number of halogens is 3. The molecule has 0 atom stereocenters. The lowest BCUT2D eigenvalue weighted by molar-refractivity contribution is -0.137. The largest absolute Gasteiger partial charge is 0.442 e. The Morgan fingerprint density at radius 2 is 2.09 bits per heavy atom. The summed E-state index contributed by atoms with van der Waals surface area (Å²) in [6.07, 6.45) is -3.87. The maximum absolute atomic E-state index is 13.3. The number of benzene rings is 1. The Hall–Kier alpha value is -2.42. The third kappa shape index (κ3) is 2.80. The lowest BCUT2D eigenvalue weighted by atomic mass is 9.97. The first kappa shape index (κ1) is 14.5. The summed E-state index contributed by atoms with van der Waals surface area (Å²) >= 11 is 1.08. The second-order valence-corrected chi connectivity index (χ2v) is 5.08. The lowest BCUT2D eigenvalue weighted by Crippen LogP contribution is -2.30. The summed E-state index contributed by atoms with van der Waals surface area (Å²) in [5.41, 5.74) is 2.19. The second kappa shape index (κ2) is 5.41. The fourth-order valence-electron chi connectivity index (χ4n) is 2.01. The molecular formula is C13H8F3N3O2S. The van der Waals surface area contributed by atoms with Crippen LogP contribution in [0, 0.1) is 0 Å². The fraction of sp³-hybridized carbons (Fsp3) is 0.154. The third-order valence-electron chi connectivity index (χ3n) is 3.02. The van der Waals surface area contributed by atoms with Crippen LogP contribution in [0.25, 0.3) is 11.1 Å². The van der Waals surface area contributed by atoms with E-state index < -0.39 is 17.8 Å². The zero-order valence-corrected chi connectivity index (χ0v) is 11.7. The van der Waals surface area contributed by atoms with Crippen molar-refractivity contribution in [3.63, 3.8) is 0 Å². The average molecular weight is 327 g/mol. The van der Waals surface area contributed by atoms with Gasteiger partial charge in [0.05, 0.1) is 5.56 Å². The van der Waals surface area contributed by atoms with Crippen LogP contribution >= 0.6 is 11.5 Å². The van der Waals surface area contributed by atoms with Crippen molar-refractivity contribution < 1.29 is 22.7 Å². The summed E-state index contributed by atoms with van der Waals surface area (Å²) in [4.78, 5) is 10.8. The van der Waals surface area contributed by atoms with Crippen LogP contribution < -0.4 is 5.43 Å². The van der Waals surface area contributed by atoms with Gasteiger partial charge in [0.2, 0.25) is 0 Å². The summed E-state index contributed by atoms with van der Waals surface area (Å²) in [5.74, 6) is 0. The number of cyclic esters (lactones) is 1. The number of hydrogen-bond donors (Lipinski definition) is 1. The van der Waals surface area contributed by atoms with E-state index in [0.717, 1.165) is 17.6 Å². The van der Waals surface area contributed by atoms with Crippen LogP contribution in [-0.2, 0) is 10.9 Å². The number of aromatic nitrogens is 1. The van der Waals surface area contributed by atoms with Gasteiger partial charge in [-0.05, 0) is 23.2 Å². The number of hydrazone groups is 1. The number of nitrogens with zero attached hydrogens (tertiary/aromatic N) is 2. The van der Waals surface area contributed by atoms with E-state index in [9.17, 15) is 18.0 Å². The first-order valence-corrected chi connectivity index (χ1v) is 6.89. The van der Waals surface area contributed by atoms with Gasteiger partial charge in [-0.25, -0.2) is 14.6 Å². The monoisotopic (exact) mass is 327 g/mol. The first-order valence-electron chi connectivity index (χ1n) is 6.06. The fourth-order valence-corrected chi connectivity index (χ4v) is 2.54. The highest BCUT2D eigenvalue weighted by atomic mass is 32.1. The zero-order chi connectivity index (χ0) is 15.7. The van der Waals surface area contributed by atoms with Gasteiger partial charge in [-0.15, -0.1) is 0 Å². The van der Waals surface area contributed by atoms with Crippen molar-refractivity contribution >= 4 is 23.3 Å². The highest BCUT2D eigenvalue weighted by Gasteiger charge is 2.34. The molecule has 1 aromatic carbocycles. The third-order valence-corrected chi connectivity index (χ3v) is 3.61. The van der Waals surface area contributed by atoms with Crippen molar-refractivity contribution in [1.29, 1.82) is 0 Å². The molecule has 0 aliphatic carbocycles. The van der Waals surface area contributed by atoms with Crippen LogP contribution in [0.3, 0.4) is 0 Å². The lowest BCUT2D eigenvalue weighted by Gasteiger charge is -2.16. The number of carbonyl (C=O) groups is 1. The molecule has 0 fully saturated rings. The highest BCUT2D eigenvalue weighted by Crippen LogP contribution is 2.38. The Balaban J connectivity index is 2.07. The number of ether oxygens (including phenoxy) is 1. The molecule has 114 valence electrons. The molecule has 9 heteroatoms. The van der Waals surface area contributed by atoms with Crippen LogP contribution in [0.15, 0.2) is 34.9 Å². The van der Waals surface area contributed by atoms with Crippen LogP contribution in [-0.4, -0.2) is 22.8 Å². The molecule has 0 radical (unpaired) electrons. The van der Waals surface area contributed by atoms with Crippen LogP contribution in [0.4, 0.5) is 18.0 Å². The molecule has 0 unspecified atom stereocenters. The Morgan fingerprint density at radius 3 is 2.68 bits per heavy atom. The molecule has 5 nitrogen and oxygen atoms in total. The minimum atomic E-state index is -4.52. The number of rotatable bonds is 2. The molecule has 0 saturated heterocycles. The molecular weight excluding hydrogens is 319 g/mol. The van der Waals surface area contributed by atoms with Gasteiger partial charge < -0.3 is 4.74 Å². The van der Waals surface area contributed by atoms with E-state index in [1.807, 2.05) is 0 Å². The van der Waals surface area contributed by atoms with E-state index in [-0.39, 0.29) is 23.4 Å². The highest BCUT2D eigenvalue weighted by molar-refractivity contribution is 7.03. The molecule has 1 aromatic heterocycles. The van der Waals surface area contributed by atoms with Crippen molar-refractivity contribution in [1.82, 2.24) is 9.80 Å². The van der Waals surface area contributed by atoms with Crippen LogP contribution in [0.1, 0.15) is 11.1 Å². The topological polar surface area (TPSA) is 63.6 Å². The number of carbonyl (C=O) groups excluding carboxylic acids is 1. The number of amides is 1. The van der Waals surface area contributed by atoms with E-state index in [4.69, 9.17) is 4.74 Å². The van der Waals surface area contributed by atoms with Gasteiger partial charge in [-0.2, -0.15) is 18.3 Å². The number of alkyl halides is 3. The molecule has 1 aliphatic rings. The standard InChI is InChI=1S/C13H8F3N3O2S/c14-13(15,16)10-3-7(11-5-21-12(20)19-18-11)1-2-9(10)8-4-17-22-6-8/h1-4,6H,5H2,(H,19,20). The molecule has 0 saturated carbocycles. The number of nitrogens with one attached hydrogen (secondary N) is 1. The predicted molar refractivity (Wildman–Crippen MR) is 73.6 cm³/mol. The summed E-state index contributed by atoms with van der Waals surface area (Å²) < 4.78 is 48.4.